The van der Waals surface area contributed by atoms with Crippen LogP contribution in [0.15, 0.2) is 73.1 Å². The summed E-state index contributed by atoms with van der Waals surface area (Å²) in [4.78, 5) is 17.2. The van der Waals surface area contributed by atoms with E-state index in [4.69, 9.17) is 9.47 Å². The van der Waals surface area contributed by atoms with Crippen LogP contribution in [0.25, 0.3) is 0 Å². The van der Waals surface area contributed by atoms with Gasteiger partial charge in [-0.25, -0.2) is 0 Å². The fourth-order valence-electron chi connectivity index (χ4n) is 3.10. The maximum absolute atomic E-state index is 13.0. The molecule has 0 saturated heterocycles. The minimum Gasteiger partial charge on any atom is -0.493 e. The minimum absolute atomic E-state index is 0.0233. The molecule has 0 spiro atoms. The molecular weight excluding hydrogens is 352 g/mol. The van der Waals surface area contributed by atoms with Crippen molar-refractivity contribution >= 4 is 5.91 Å². The first-order chi connectivity index (χ1) is 13.7. The standard InChI is InChI=1S/C23H24N2O3/c1-27-21-11-10-18(14-22(21)28-2)16-25-23(26)20(19-8-4-3-5-9-19)13-17-7-6-12-24-15-17/h3-12,14-15,20H,13,16H2,1-2H3,(H,25,26). The molecule has 0 aliphatic carbocycles. The van der Waals surface area contributed by atoms with Crippen molar-refractivity contribution in [3.05, 3.63) is 89.7 Å². The van der Waals surface area contributed by atoms with Crippen molar-refractivity contribution in [3.63, 3.8) is 0 Å². The van der Waals surface area contributed by atoms with Gasteiger partial charge in [0.25, 0.3) is 0 Å². The van der Waals surface area contributed by atoms with Crippen LogP contribution in [0.1, 0.15) is 22.6 Å². The maximum Gasteiger partial charge on any atom is 0.228 e. The molecule has 0 aliphatic rings. The van der Waals surface area contributed by atoms with E-state index in [0.29, 0.717) is 24.5 Å². The minimum atomic E-state index is -0.287. The molecule has 3 aromatic rings. The van der Waals surface area contributed by atoms with E-state index in [0.717, 1.165) is 16.7 Å². The number of carbonyl (C=O) groups is 1. The Kier molecular flexibility index (Phi) is 6.63. The van der Waals surface area contributed by atoms with Gasteiger partial charge in [0.1, 0.15) is 0 Å². The predicted octanol–water partition coefficient (Wildman–Crippen LogP) is 3.74. The molecule has 2 aromatic carbocycles. The van der Waals surface area contributed by atoms with E-state index in [1.54, 1.807) is 26.6 Å². The number of methoxy groups -OCH3 is 2. The highest BCUT2D eigenvalue weighted by Gasteiger charge is 2.21. The molecule has 1 amide bonds. The Bertz CT molecular complexity index is 898. The number of aromatic nitrogens is 1. The Morgan fingerprint density at radius 1 is 0.964 bits per heavy atom. The van der Waals surface area contributed by atoms with E-state index < -0.39 is 0 Å². The number of benzene rings is 2. The molecule has 3 rings (SSSR count). The number of hydrogen-bond donors (Lipinski definition) is 1. The first-order valence-corrected chi connectivity index (χ1v) is 9.13. The van der Waals surface area contributed by atoms with E-state index in [2.05, 4.69) is 10.3 Å². The average molecular weight is 376 g/mol. The van der Waals surface area contributed by atoms with Crippen LogP contribution in [0.2, 0.25) is 0 Å². The second-order valence-electron chi connectivity index (χ2n) is 6.44. The van der Waals surface area contributed by atoms with Crippen molar-refractivity contribution in [1.82, 2.24) is 10.3 Å². The van der Waals surface area contributed by atoms with E-state index in [1.807, 2.05) is 60.7 Å². The van der Waals surface area contributed by atoms with Gasteiger partial charge < -0.3 is 14.8 Å². The van der Waals surface area contributed by atoms with E-state index in [1.165, 1.54) is 0 Å². The molecule has 0 bridgehead atoms. The van der Waals surface area contributed by atoms with Crippen LogP contribution < -0.4 is 14.8 Å². The highest BCUT2D eigenvalue weighted by atomic mass is 16.5. The van der Waals surface area contributed by atoms with Crippen molar-refractivity contribution in [2.24, 2.45) is 0 Å². The lowest BCUT2D eigenvalue weighted by atomic mass is 9.91. The molecule has 0 aliphatic heterocycles. The zero-order valence-corrected chi connectivity index (χ0v) is 16.1. The number of nitrogens with zero attached hydrogens (tertiary/aromatic N) is 1. The number of pyridine rings is 1. The fraction of sp³-hybridized carbons (Fsp3) is 0.217. The smallest absolute Gasteiger partial charge is 0.228 e. The van der Waals surface area contributed by atoms with E-state index in [-0.39, 0.29) is 11.8 Å². The molecule has 0 radical (unpaired) electrons. The number of nitrogens with one attached hydrogen (secondary N) is 1. The highest BCUT2D eigenvalue weighted by Crippen LogP contribution is 2.27. The van der Waals surface area contributed by atoms with Crippen LogP contribution in [0.5, 0.6) is 11.5 Å². The Labute approximate surface area is 165 Å². The third kappa shape index (κ3) is 4.88. The normalized spacial score (nSPS) is 11.5. The summed E-state index contributed by atoms with van der Waals surface area (Å²) < 4.78 is 10.6. The average Bonchev–Trinajstić information content (AvgIpc) is 2.76. The quantitative estimate of drug-likeness (QED) is 0.651. The topological polar surface area (TPSA) is 60.5 Å². The van der Waals surface area contributed by atoms with Crippen molar-refractivity contribution in [3.8, 4) is 11.5 Å². The molecule has 1 unspecified atom stereocenters. The van der Waals surface area contributed by atoms with E-state index in [9.17, 15) is 4.79 Å². The Morgan fingerprint density at radius 2 is 1.75 bits per heavy atom. The van der Waals surface area contributed by atoms with Gasteiger partial charge in [-0.3, -0.25) is 9.78 Å². The fourth-order valence-corrected chi connectivity index (χ4v) is 3.10. The summed E-state index contributed by atoms with van der Waals surface area (Å²) in [6, 6.07) is 19.3. The lowest BCUT2D eigenvalue weighted by molar-refractivity contribution is -0.122. The molecule has 5 nitrogen and oxygen atoms in total. The molecule has 1 heterocycles. The van der Waals surface area contributed by atoms with Crippen molar-refractivity contribution in [2.45, 2.75) is 18.9 Å². The highest BCUT2D eigenvalue weighted by molar-refractivity contribution is 5.84. The van der Waals surface area contributed by atoms with Gasteiger partial charge in [-0.2, -0.15) is 0 Å². The molecular formula is C23H24N2O3. The van der Waals surface area contributed by atoms with Crippen molar-refractivity contribution < 1.29 is 14.3 Å². The van der Waals surface area contributed by atoms with Crippen LogP contribution in [-0.2, 0) is 17.8 Å². The van der Waals surface area contributed by atoms with Crippen LogP contribution in [0.4, 0.5) is 0 Å². The molecule has 144 valence electrons. The van der Waals surface area contributed by atoms with Gasteiger partial charge in [0.2, 0.25) is 5.91 Å². The molecule has 1 aromatic heterocycles. The number of amides is 1. The van der Waals surface area contributed by atoms with Gasteiger partial charge in [-0.05, 0) is 41.3 Å². The zero-order valence-electron chi connectivity index (χ0n) is 16.1. The third-order valence-corrected chi connectivity index (χ3v) is 4.60. The summed E-state index contributed by atoms with van der Waals surface area (Å²) in [7, 11) is 3.20. The van der Waals surface area contributed by atoms with Crippen LogP contribution in [0, 0.1) is 0 Å². The molecule has 0 saturated carbocycles. The van der Waals surface area contributed by atoms with Crippen LogP contribution >= 0.6 is 0 Å². The second-order valence-corrected chi connectivity index (χ2v) is 6.44. The first kappa shape index (κ1) is 19.4. The Hall–Kier alpha value is -3.34. The molecule has 28 heavy (non-hydrogen) atoms. The summed E-state index contributed by atoms with van der Waals surface area (Å²) in [5.41, 5.74) is 2.95. The lowest BCUT2D eigenvalue weighted by Crippen LogP contribution is -2.30. The van der Waals surface area contributed by atoms with Crippen molar-refractivity contribution in [2.75, 3.05) is 14.2 Å². The lowest BCUT2D eigenvalue weighted by Gasteiger charge is -2.18. The van der Waals surface area contributed by atoms with E-state index >= 15 is 0 Å². The van der Waals surface area contributed by atoms with Gasteiger partial charge in [0.15, 0.2) is 11.5 Å². The largest absolute Gasteiger partial charge is 0.493 e. The SMILES string of the molecule is COc1ccc(CNC(=O)C(Cc2cccnc2)c2ccccc2)cc1OC. The first-order valence-electron chi connectivity index (χ1n) is 9.13. The summed E-state index contributed by atoms with van der Waals surface area (Å²) >= 11 is 0. The summed E-state index contributed by atoms with van der Waals surface area (Å²) in [5.74, 6) is 0.996. The van der Waals surface area contributed by atoms with Crippen LogP contribution in [-0.4, -0.2) is 25.1 Å². The predicted molar refractivity (Wildman–Crippen MR) is 109 cm³/mol. The second kappa shape index (κ2) is 9.55. The van der Waals surface area contributed by atoms with Gasteiger partial charge in [0.05, 0.1) is 20.1 Å². The molecule has 5 heteroatoms. The van der Waals surface area contributed by atoms with Crippen molar-refractivity contribution in [1.29, 1.82) is 0 Å². The number of carbonyl (C=O) groups excluding carboxylic acids is 1. The zero-order chi connectivity index (χ0) is 19.8. The molecule has 0 fully saturated rings. The monoisotopic (exact) mass is 376 g/mol. The van der Waals surface area contributed by atoms with Gasteiger partial charge in [-0.1, -0.05) is 42.5 Å². The molecule has 1 atom stereocenters. The van der Waals surface area contributed by atoms with Crippen LogP contribution in [0.3, 0.4) is 0 Å². The van der Waals surface area contributed by atoms with Gasteiger partial charge in [-0.15, -0.1) is 0 Å². The molecule has 1 N–H and O–H groups in total. The van der Waals surface area contributed by atoms with Gasteiger partial charge in [0, 0.05) is 18.9 Å². The number of rotatable bonds is 8. The summed E-state index contributed by atoms with van der Waals surface area (Å²) in [6.45, 7) is 0.412. The Morgan fingerprint density at radius 3 is 2.43 bits per heavy atom. The number of ether oxygens (including phenoxy) is 2. The third-order valence-electron chi connectivity index (χ3n) is 4.60. The summed E-state index contributed by atoms with van der Waals surface area (Å²) in [6.07, 6.45) is 4.13. The van der Waals surface area contributed by atoms with Gasteiger partial charge >= 0.3 is 0 Å². The summed E-state index contributed by atoms with van der Waals surface area (Å²) in [5, 5.41) is 3.05. The maximum atomic E-state index is 13.0. The number of hydrogen-bond acceptors (Lipinski definition) is 4. The Balaban J connectivity index is 1.74.